The van der Waals surface area contributed by atoms with Crippen LogP contribution in [0.4, 0.5) is 5.69 Å². The van der Waals surface area contributed by atoms with Crippen LogP contribution < -0.4 is 5.32 Å². The molecule has 1 heterocycles. The molecule has 0 aliphatic carbocycles. The molecule has 0 spiro atoms. The molecule has 122 valence electrons. The molecule has 0 unspecified atom stereocenters. The van der Waals surface area contributed by atoms with Gasteiger partial charge in [0.25, 0.3) is 0 Å². The molecule has 1 aromatic rings. The van der Waals surface area contributed by atoms with Gasteiger partial charge in [-0.1, -0.05) is 6.07 Å². The van der Waals surface area contributed by atoms with Crippen LogP contribution in [0, 0.1) is 17.2 Å². The largest absolute Gasteiger partial charge is 0.469 e. The van der Waals surface area contributed by atoms with E-state index >= 15 is 0 Å². The zero-order valence-electron chi connectivity index (χ0n) is 13.4. The highest BCUT2D eigenvalue weighted by molar-refractivity contribution is 5.94. The van der Waals surface area contributed by atoms with Crippen LogP contribution in [0.2, 0.25) is 0 Å². The third-order valence-corrected chi connectivity index (χ3v) is 4.25. The van der Waals surface area contributed by atoms with Gasteiger partial charge < -0.3 is 10.1 Å². The van der Waals surface area contributed by atoms with Gasteiger partial charge in [0.05, 0.1) is 30.7 Å². The standard InChI is InChI=1S/C17H21N3O3/c1-12(20-8-6-14(7-9-20)17(22)23-2)16(21)19-15-5-3-4-13(10-15)11-18/h3-5,10,12,14H,6-9H2,1-2H3,(H,19,21)/t12-/m0/s1. The Bertz CT molecular complexity index is 616. The van der Waals surface area contributed by atoms with Crippen molar-refractivity contribution in [1.29, 1.82) is 5.26 Å². The van der Waals surface area contributed by atoms with Gasteiger partial charge in [-0.3, -0.25) is 14.5 Å². The smallest absolute Gasteiger partial charge is 0.308 e. The van der Waals surface area contributed by atoms with Crippen molar-refractivity contribution in [2.45, 2.75) is 25.8 Å². The maximum Gasteiger partial charge on any atom is 0.308 e. The highest BCUT2D eigenvalue weighted by Crippen LogP contribution is 2.21. The van der Waals surface area contributed by atoms with E-state index in [4.69, 9.17) is 10.00 Å². The monoisotopic (exact) mass is 315 g/mol. The number of methoxy groups -OCH3 is 1. The van der Waals surface area contributed by atoms with E-state index < -0.39 is 0 Å². The Morgan fingerprint density at radius 2 is 2.09 bits per heavy atom. The van der Waals surface area contributed by atoms with Crippen molar-refractivity contribution in [2.75, 3.05) is 25.5 Å². The van der Waals surface area contributed by atoms with Crippen molar-refractivity contribution < 1.29 is 14.3 Å². The van der Waals surface area contributed by atoms with E-state index in [0.29, 0.717) is 37.2 Å². The van der Waals surface area contributed by atoms with Gasteiger partial charge in [0.2, 0.25) is 5.91 Å². The predicted octanol–water partition coefficient (Wildman–Crippen LogP) is 1.77. The summed E-state index contributed by atoms with van der Waals surface area (Å²) >= 11 is 0. The van der Waals surface area contributed by atoms with Crippen molar-refractivity contribution >= 4 is 17.6 Å². The van der Waals surface area contributed by atoms with Crippen LogP contribution >= 0.6 is 0 Å². The number of rotatable bonds is 4. The zero-order chi connectivity index (χ0) is 16.8. The molecule has 0 radical (unpaired) electrons. The fraction of sp³-hybridized carbons (Fsp3) is 0.471. The lowest BCUT2D eigenvalue weighted by Crippen LogP contribution is -2.47. The summed E-state index contributed by atoms with van der Waals surface area (Å²) < 4.78 is 4.77. The molecule has 0 bridgehead atoms. The first-order valence-electron chi connectivity index (χ1n) is 7.68. The van der Waals surface area contributed by atoms with Crippen LogP contribution in [0.3, 0.4) is 0 Å². The van der Waals surface area contributed by atoms with Crippen molar-refractivity contribution in [2.24, 2.45) is 5.92 Å². The summed E-state index contributed by atoms with van der Waals surface area (Å²) in [6, 6.07) is 8.59. The molecule has 6 heteroatoms. The Kier molecular flexibility index (Phi) is 5.72. The number of amides is 1. The summed E-state index contributed by atoms with van der Waals surface area (Å²) in [4.78, 5) is 25.9. The number of benzene rings is 1. The molecule has 1 aliphatic heterocycles. The fourth-order valence-electron chi connectivity index (χ4n) is 2.77. The van der Waals surface area contributed by atoms with Crippen LogP contribution in [-0.4, -0.2) is 43.0 Å². The summed E-state index contributed by atoms with van der Waals surface area (Å²) in [5, 5.41) is 11.7. The maximum atomic E-state index is 12.4. The van der Waals surface area contributed by atoms with Crippen LogP contribution in [0.1, 0.15) is 25.3 Å². The molecular formula is C17H21N3O3. The molecule has 1 aromatic carbocycles. The van der Waals surface area contributed by atoms with Crippen molar-refractivity contribution in [3.8, 4) is 6.07 Å². The molecule has 23 heavy (non-hydrogen) atoms. The van der Waals surface area contributed by atoms with E-state index in [1.807, 2.05) is 13.0 Å². The van der Waals surface area contributed by atoms with Crippen LogP contribution in [0.25, 0.3) is 0 Å². The molecule has 1 atom stereocenters. The minimum atomic E-state index is -0.292. The molecule has 1 saturated heterocycles. The number of hydrogen-bond donors (Lipinski definition) is 1. The molecule has 1 amide bonds. The summed E-state index contributed by atoms with van der Waals surface area (Å²) in [6.45, 7) is 3.22. The number of anilines is 1. The van der Waals surface area contributed by atoms with Gasteiger partial charge in [-0.25, -0.2) is 0 Å². The Morgan fingerprint density at radius 3 is 2.70 bits per heavy atom. The van der Waals surface area contributed by atoms with Crippen LogP contribution in [0.15, 0.2) is 24.3 Å². The van der Waals surface area contributed by atoms with E-state index in [-0.39, 0.29) is 23.8 Å². The van der Waals surface area contributed by atoms with E-state index in [0.717, 1.165) is 0 Å². The van der Waals surface area contributed by atoms with E-state index in [1.165, 1.54) is 7.11 Å². The predicted molar refractivity (Wildman–Crippen MR) is 85.6 cm³/mol. The van der Waals surface area contributed by atoms with Gasteiger partial charge in [0, 0.05) is 5.69 Å². The number of nitrogens with zero attached hydrogens (tertiary/aromatic N) is 2. The molecule has 2 rings (SSSR count). The normalized spacial score (nSPS) is 17.1. The number of likely N-dealkylation sites (tertiary alicyclic amines) is 1. The minimum Gasteiger partial charge on any atom is -0.469 e. The van der Waals surface area contributed by atoms with E-state index in [1.54, 1.807) is 24.3 Å². The van der Waals surface area contributed by atoms with Crippen LogP contribution in [-0.2, 0) is 14.3 Å². The summed E-state index contributed by atoms with van der Waals surface area (Å²) in [5.41, 5.74) is 1.12. The number of hydrogen-bond acceptors (Lipinski definition) is 5. The van der Waals surface area contributed by atoms with Gasteiger partial charge in [0.1, 0.15) is 0 Å². The quantitative estimate of drug-likeness (QED) is 0.856. The Hall–Kier alpha value is -2.39. The lowest BCUT2D eigenvalue weighted by Gasteiger charge is -2.34. The second-order valence-electron chi connectivity index (χ2n) is 5.69. The van der Waals surface area contributed by atoms with Crippen LogP contribution in [0.5, 0.6) is 0 Å². The first kappa shape index (κ1) is 17.0. The SMILES string of the molecule is COC(=O)C1CCN([C@@H](C)C(=O)Nc2cccc(C#N)c2)CC1. The van der Waals surface area contributed by atoms with E-state index in [9.17, 15) is 9.59 Å². The number of carbonyl (C=O) groups excluding carboxylic acids is 2. The first-order valence-corrected chi connectivity index (χ1v) is 7.68. The van der Waals surface area contributed by atoms with Crippen molar-refractivity contribution in [1.82, 2.24) is 4.90 Å². The number of carbonyl (C=O) groups is 2. The number of nitrogens with one attached hydrogen (secondary N) is 1. The summed E-state index contributed by atoms with van der Waals surface area (Å²) in [7, 11) is 1.40. The van der Waals surface area contributed by atoms with Gasteiger partial charge in [-0.05, 0) is 51.1 Å². The highest BCUT2D eigenvalue weighted by atomic mass is 16.5. The second-order valence-corrected chi connectivity index (χ2v) is 5.69. The molecule has 6 nitrogen and oxygen atoms in total. The van der Waals surface area contributed by atoms with E-state index in [2.05, 4.69) is 10.2 Å². The van der Waals surface area contributed by atoms with Crippen molar-refractivity contribution in [3.05, 3.63) is 29.8 Å². The first-order chi connectivity index (χ1) is 11.0. The third-order valence-electron chi connectivity index (χ3n) is 4.25. The number of nitriles is 1. The molecule has 0 aromatic heterocycles. The minimum absolute atomic E-state index is 0.0705. The van der Waals surface area contributed by atoms with Gasteiger partial charge in [0.15, 0.2) is 0 Å². The third kappa shape index (κ3) is 4.30. The lowest BCUT2D eigenvalue weighted by atomic mass is 9.96. The number of ether oxygens (including phenoxy) is 1. The topological polar surface area (TPSA) is 82.4 Å². The Labute approximate surface area is 136 Å². The zero-order valence-corrected chi connectivity index (χ0v) is 13.4. The molecule has 1 aliphatic rings. The highest BCUT2D eigenvalue weighted by Gasteiger charge is 2.30. The summed E-state index contributed by atoms with van der Waals surface area (Å²) in [5.74, 6) is -0.356. The average molecular weight is 315 g/mol. The number of piperidine rings is 1. The molecule has 1 N–H and O–H groups in total. The Balaban J connectivity index is 1.90. The lowest BCUT2D eigenvalue weighted by molar-refractivity contribution is -0.147. The van der Waals surface area contributed by atoms with Gasteiger partial charge in [-0.15, -0.1) is 0 Å². The van der Waals surface area contributed by atoms with Crippen molar-refractivity contribution in [3.63, 3.8) is 0 Å². The second kappa shape index (κ2) is 7.75. The summed E-state index contributed by atoms with van der Waals surface area (Å²) in [6.07, 6.45) is 1.41. The Morgan fingerprint density at radius 1 is 1.39 bits per heavy atom. The maximum absolute atomic E-state index is 12.4. The fourth-order valence-corrected chi connectivity index (χ4v) is 2.77. The average Bonchev–Trinajstić information content (AvgIpc) is 2.60. The van der Waals surface area contributed by atoms with Gasteiger partial charge in [-0.2, -0.15) is 5.26 Å². The number of esters is 1. The van der Waals surface area contributed by atoms with Gasteiger partial charge >= 0.3 is 5.97 Å². The molecule has 1 fully saturated rings. The molecule has 0 saturated carbocycles. The molecular weight excluding hydrogens is 294 g/mol.